The van der Waals surface area contributed by atoms with Crippen LogP contribution in [0.4, 0.5) is 5.69 Å². The zero-order valence-electron chi connectivity index (χ0n) is 18.1. The van der Waals surface area contributed by atoms with Gasteiger partial charge in [-0.3, -0.25) is 9.48 Å². The Bertz CT molecular complexity index is 1070. The van der Waals surface area contributed by atoms with Crippen LogP contribution in [0.2, 0.25) is 0 Å². The average Bonchev–Trinajstić information content (AvgIpc) is 3.41. The molecule has 162 valence electrons. The van der Waals surface area contributed by atoms with Crippen LogP contribution >= 0.6 is 0 Å². The monoisotopic (exact) mass is 421 g/mol. The van der Waals surface area contributed by atoms with E-state index in [-0.39, 0.29) is 12.5 Å². The van der Waals surface area contributed by atoms with Crippen molar-refractivity contribution in [2.45, 2.75) is 20.4 Å². The van der Waals surface area contributed by atoms with E-state index in [9.17, 15) is 4.79 Å². The molecule has 3 heterocycles. The van der Waals surface area contributed by atoms with Gasteiger partial charge in [-0.05, 0) is 26.0 Å². The second kappa shape index (κ2) is 9.03. The minimum atomic E-state index is 0.0212. The van der Waals surface area contributed by atoms with Crippen LogP contribution in [0.1, 0.15) is 18.2 Å². The number of nitrogens with zero attached hydrogens (tertiary/aromatic N) is 6. The number of amides is 1. The van der Waals surface area contributed by atoms with Crippen LogP contribution in [-0.2, 0) is 18.4 Å². The maximum Gasteiger partial charge on any atom is 0.246 e. The first-order chi connectivity index (χ1) is 15.0. The lowest BCUT2D eigenvalue weighted by molar-refractivity contribution is -0.120. The third-order valence-corrected chi connectivity index (χ3v) is 5.10. The highest BCUT2D eigenvalue weighted by atomic mass is 16.3. The lowest BCUT2D eigenvalue weighted by Gasteiger charge is -2.35. The largest absolute Gasteiger partial charge is 0.444 e. The van der Waals surface area contributed by atoms with E-state index in [1.165, 1.54) is 5.56 Å². The molecule has 0 atom stereocenters. The number of anilines is 1. The van der Waals surface area contributed by atoms with Gasteiger partial charge in [-0.2, -0.15) is 5.10 Å². The molecule has 0 bridgehead atoms. The van der Waals surface area contributed by atoms with Crippen LogP contribution in [0, 0.1) is 6.92 Å². The minimum Gasteiger partial charge on any atom is -0.444 e. The zero-order valence-corrected chi connectivity index (χ0v) is 18.1. The molecule has 1 aliphatic heterocycles. The number of hydrogen-bond acceptors (Lipinski definition) is 5. The minimum absolute atomic E-state index is 0.0212. The summed E-state index contributed by atoms with van der Waals surface area (Å²) in [4.78, 5) is 25.7. The highest BCUT2D eigenvalue weighted by molar-refractivity contribution is 5.98. The number of carbonyl (C=O) groups is 1. The van der Waals surface area contributed by atoms with E-state index in [4.69, 9.17) is 4.42 Å². The smallest absolute Gasteiger partial charge is 0.246 e. The number of aryl methyl sites for hydroxylation is 2. The van der Waals surface area contributed by atoms with E-state index in [0.717, 1.165) is 16.9 Å². The molecule has 1 amide bonds. The lowest BCUT2D eigenvalue weighted by atomic mass is 10.1. The maximum atomic E-state index is 12.7. The molecule has 1 aliphatic rings. The van der Waals surface area contributed by atoms with E-state index in [2.05, 4.69) is 20.4 Å². The molecule has 0 radical (unpaired) electrons. The molecule has 1 N–H and O–H groups in total. The van der Waals surface area contributed by atoms with Crippen molar-refractivity contribution in [3.05, 3.63) is 54.2 Å². The van der Waals surface area contributed by atoms with Crippen molar-refractivity contribution < 1.29 is 9.21 Å². The van der Waals surface area contributed by atoms with Gasteiger partial charge >= 0.3 is 0 Å². The topological polar surface area (TPSA) is 91.8 Å². The van der Waals surface area contributed by atoms with E-state index >= 15 is 0 Å². The molecule has 1 saturated heterocycles. The first-order valence-corrected chi connectivity index (χ1v) is 10.4. The maximum absolute atomic E-state index is 12.7. The van der Waals surface area contributed by atoms with E-state index in [0.29, 0.717) is 38.0 Å². The molecule has 2 aromatic heterocycles. The van der Waals surface area contributed by atoms with Crippen LogP contribution in [0.15, 0.2) is 52.3 Å². The van der Waals surface area contributed by atoms with E-state index in [1.807, 2.05) is 56.3 Å². The highest BCUT2D eigenvalue weighted by Gasteiger charge is 2.27. The van der Waals surface area contributed by atoms with Crippen LogP contribution < -0.4 is 10.2 Å². The van der Waals surface area contributed by atoms with Gasteiger partial charge in [-0.1, -0.05) is 17.7 Å². The summed E-state index contributed by atoms with van der Waals surface area (Å²) in [7, 11) is 1.84. The predicted molar refractivity (Wildman–Crippen MR) is 119 cm³/mol. The van der Waals surface area contributed by atoms with Gasteiger partial charge in [0.1, 0.15) is 18.5 Å². The van der Waals surface area contributed by atoms with Gasteiger partial charge < -0.3 is 19.5 Å². The molecule has 31 heavy (non-hydrogen) atoms. The number of piperazine rings is 1. The molecule has 1 aromatic carbocycles. The predicted octanol–water partition coefficient (Wildman–Crippen LogP) is 2.20. The molecule has 0 aliphatic carbocycles. The SMILES string of the molecule is CCNC(=NCc1coc(-c2ccc(C)cc2)n1)N1CCN(c2cnn(C)c2)C(=O)C1. The van der Waals surface area contributed by atoms with Crippen LogP contribution in [-0.4, -0.2) is 57.7 Å². The highest BCUT2D eigenvalue weighted by Crippen LogP contribution is 2.20. The summed E-state index contributed by atoms with van der Waals surface area (Å²) in [6.07, 6.45) is 5.19. The Morgan fingerprint density at radius 3 is 2.74 bits per heavy atom. The van der Waals surface area contributed by atoms with Gasteiger partial charge in [0, 0.05) is 38.4 Å². The summed E-state index contributed by atoms with van der Waals surface area (Å²) in [6, 6.07) is 8.04. The molecule has 0 unspecified atom stereocenters. The second-order valence-electron chi connectivity index (χ2n) is 7.52. The second-order valence-corrected chi connectivity index (χ2v) is 7.52. The Hall–Kier alpha value is -3.62. The van der Waals surface area contributed by atoms with Crippen LogP contribution in [0.3, 0.4) is 0 Å². The number of rotatable bonds is 5. The van der Waals surface area contributed by atoms with Gasteiger partial charge in [0.2, 0.25) is 11.8 Å². The fourth-order valence-electron chi connectivity index (χ4n) is 3.46. The number of aliphatic imine (C=N–C) groups is 1. The molecule has 9 heteroatoms. The summed E-state index contributed by atoms with van der Waals surface area (Å²) < 4.78 is 7.33. The van der Waals surface area contributed by atoms with Gasteiger partial charge in [0.25, 0.3) is 0 Å². The number of aromatic nitrogens is 3. The van der Waals surface area contributed by atoms with Crippen molar-refractivity contribution in [3.63, 3.8) is 0 Å². The summed E-state index contributed by atoms with van der Waals surface area (Å²) in [5.41, 5.74) is 3.69. The standard InChI is InChI=1S/C22H27N7O2/c1-4-23-22(28-9-10-29(20(30)14-28)19-12-25-27(3)13-19)24-11-18-15-31-21(26-18)17-7-5-16(2)6-8-17/h5-8,12-13,15H,4,9-11,14H2,1-3H3,(H,23,24). The summed E-state index contributed by atoms with van der Waals surface area (Å²) in [5, 5.41) is 7.44. The fourth-order valence-corrected chi connectivity index (χ4v) is 3.46. The van der Waals surface area contributed by atoms with E-state index < -0.39 is 0 Å². The Morgan fingerprint density at radius 2 is 2.06 bits per heavy atom. The number of nitrogens with one attached hydrogen (secondary N) is 1. The van der Waals surface area contributed by atoms with Gasteiger partial charge in [0.05, 0.1) is 18.4 Å². The fraction of sp³-hybridized carbons (Fsp3) is 0.364. The first kappa shape index (κ1) is 20.6. The molecule has 4 rings (SSSR count). The summed E-state index contributed by atoms with van der Waals surface area (Å²) in [5.74, 6) is 1.30. The molecule has 1 fully saturated rings. The Morgan fingerprint density at radius 1 is 1.26 bits per heavy atom. The Kier molecular flexibility index (Phi) is 6.01. The van der Waals surface area contributed by atoms with Gasteiger partial charge in [-0.25, -0.2) is 9.98 Å². The number of guanidine groups is 1. The van der Waals surface area contributed by atoms with E-state index in [1.54, 1.807) is 22.0 Å². The lowest BCUT2D eigenvalue weighted by Crippen LogP contribution is -2.55. The van der Waals surface area contributed by atoms with Crippen molar-refractivity contribution in [1.29, 1.82) is 0 Å². The molecular weight excluding hydrogens is 394 g/mol. The Labute approximate surface area is 181 Å². The van der Waals surface area contributed by atoms with Crippen molar-refractivity contribution in [1.82, 2.24) is 25.0 Å². The molecule has 3 aromatic rings. The van der Waals surface area contributed by atoms with Crippen LogP contribution in [0.25, 0.3) is 11.5 Å². The third-order valence-electron chi connectivity index (χ3n) is 5.10. The van der Waals surface area contributed by atoms with Crippen LogP contribution in [0.5, 0.6) is 0 Å². The molecule has 0 spiro atoms. The first-order valence-electron chi connectivity index (χ1n) is 10.4. The number of oxazole rings is 1. The zero-order chi connectivity index (χ0) is 21.8. The molecule has 9 nitrogen and oxygen atoms in total. The van der Waals surface area contributed by atoms with Gasteiger partial charge in [0.15, 0.2) is 5.96 Å². The average molecular weight is 422 g/mol. The third kappa shape index (κ3) is 4.76. The van der Waals surface area contributed by atoms with Gasteiger partial charge in [-0.15, -0.1) is 0 Å². The Balaban J connectivity index is 1.43. The summed E-state index contributed by atoms with van der Waals surface area (Å²) >= 11 is 0. The van der Waals surface area contributed by atoms with Crippen molar-refractivity contribution in [2.24, 2.45) is 12.0 Å². The number of hydrogen-bond donors (Lipinski definition) is 1. The number of benzene rings is 1. The van der Waals surface area contributed by atoms with Crippen molar-refractivity contribution >= 4 is 17.6 Å². The molecule has 0 saturated carbocycles. The number of carbonyl (C=O) groups excluding carboxylic acids is 1. The normalized spacial score (nSPS) is 14.9. The summed E-state index contributed by atoms with van der Waals surface area (Å²) in [6.45, 7) is 6.65. The molecular formula is C22H27N7O2. The van der Waals surface area contributed by atoms with Crippen molar-refractivity contribution in [2.75, 3.05) is 31.1 Å². The quantitative estimate of drug-likeness (QED) is 0.502. The van der Waals surface area contributed by atoms with Crippen molar-refractivity contribution in [3.8, 4) is 11.5 Å².